The van der Waals surface area contributed by atoms with E-state index in [4.69, 9.17) is 23.2 Å². The Labute approximate surface area is 165 Å². The molecule has 2 aromatic carbocycles. The average molecular weight is 443 g/mol. The zero-order chi connectivity index (χ0) is 19.3. The molecule has 0 saturated carbocycles. The van der Waals surface area contributed by atoms with Crippen LogP contribution in [0.4, 0.5) is 0 Å². The summed E-state index contributed by atoms with van der Waals surface area (Å²) in [6.45, 7) is 0.174. The van der Waals surface area contributed by atoms with Crippen molar-refractivity contribution in [3.05, 3.63) is 51.3 Å². The predicted molar refractivity (Wildman–Crippen MR) is 102 cm³/mol. The van der Waals surface area contributed by atoms with Gasteiger partial charge in [0.15, 0.2) is 22.8 Å². The first-order chi connectivity index (χ1) is 13.6. The first kappa shape index (κ1) is 16.8. The number of fused-ring (bicyclic) bond motifs is 2. The van der Waals surface area contributed by atoms with Crippen molar-refractivity contribution in [3.63, 3.8) is 0 Å². The van der Waals surface area contributed by atoms with Crippen molar-refractivity contribution in [3.8, 4) is 40.1 Å². The lowest BCUT2D eigenvalue weighted by Gasteiger charge is -2.05. The van der Waals surface area contributed by atoms with E-state index in [-0.39, 0.29) is 18.2 Å². The van der Waals surface area contributed by atoms with Crippen LogP contribution in [0.1, 0.15) is 0 Å². The van der Waals surface area contributed by atoms with Crippen molar-refractivity contribution in [1.29, 1.82) is 0 Å². The normalized spacial score (nSPS) is 12.5. The molecule has 0 radical (unpaired) electrons. The van der Waals surface area contributed by atoms with Gasteiger partial charge in [-0.05, 0) is 36.4 Å². The standard InChI is InChI=1S/C19H11BrN2O6/c1-24-15-7-11(20)4-10-5-12(19(23)27-16(10)15)18-21-17(22-28-18)9-2-3-13-14(6-9)26-8-25-13/h2-7H,8H2,1H3. The number of aromatic nitrogens is 2. The van der Waals surface area contributed by atoms with Gasteiger partial charge in [-0.1, -0.05) is 21.1 Å². The Hall–Kier alpha value is -3.33. The molecular weight excluding hydrogens is 432 g/mol. The first-order valence-corrected chi connectivity index (χ1v) is 8.97. The molecule has 0 unspecified atom stereocenters. The summed E-state index contributed by atoms with van der Waals surface area (Å²) in [7, 11) is 1.50. The lowest BCUT2D eigenvalue weighted by molar-refractivity contribution is 0.174. The highest BCUT2D eigenvalue weighted by Gasteiger charge is 2.20. The van der Waals surface area contributed by atoms with Crippen LogP contribution in [0.3, 0.4) is 0 Å². The summed E-state index contributed by atoms with van der Waals surface area (Å²) in [6, 6.07) is 10.5. The maximum absolute atomic E-state index is 12.5. The number of halogens is 1. The number of nitrogens with zero attached hydrogens (tertiary/aromatic N) is 2. The van der Waals surface area contributed by atoms with E-state index in [9.17, 15) is 4.79 Å². The average Bonchev–Trinajstić information content (AvgIpc) is 3.36. The van der Waals surface area contributed by atoms with Gasteiger partial charge < -0.3 is 23.2 Å². The molecule has 3 heterocycles. The van der Waals surface area contributed by atoms with Crippen LogP contribution in [0.25, 0.3) is 33.8 Å². The summed E-state index contributed by atoms with van der Waals surface area (Å²) >= 11 is 3.41. The van der Waals surface area contributed by atoms with Gasteiger partial charge in [0.05, 0.1) is 7.11 Å². The molecule has 0 atom stereocenters. The van der Waals surface area contributed by atoms with Crippen LogP contribution in [-0.2, 0) is 0 Å². The molecule has 5 rings (SSSR count). The molecule has 140 valence electrons. The maximum atomic E-state index is 12.5. The largest absolute Gasteiger partial charge is 0.493 e. The second-order valence-corrected chi connectivity index (χ2v) is 6.88. The first-order valence-electron chi connectivity index (χ1n) is 8.18. The third-order valence-corrected chi connectivity index (χ3v) is 4.73. The van der Waals surface area contributed by atoms with Crippen molar-refractivity contribution < 1.29 is 23.2 Å². The summed E-state index contributed by atoms with van der Waals surface area (Å²) in [4.78, 5) is 16.8. The highest BCUT2D eigenvalue weighted by molar-refractivity contribution is 9.10. The van der Waals surface area contributed by atoms with Crippen LogP contribution >= 0.6 is 15.9 Å². The Morgan fingerprint density at radius 3 is 2.82 bits per heavy atom. The zero-order valence-corrected chi connectivity index (χ0v) is 16.0. The number of benzene rings is 2. The second kappa shape index (κ2) is 6.38. The third kappa shape index (κ3) is 2.71. The molecular formula is C19H11BrN2O6. The molecule has 0 aliphatic carbocycles. The fraction of sp³-hybridized carbons (Fsp3) is 0.105. The van der Waals surface area contributed by atoms with Crippen LogP contribution in [0, 0.1) is 0 Å². The minimum absolute atomic E-state index is 0.0576. The quantitative estimate of drug-likeness (QED) is 0.439. The van der Waals surface area contributed by atoms with Gasteiger partial charge in [-0.15, -0.1) is 0 Å². The number of hydrogen-bond acceptors (Lipinski definition) is 8. The molecule has 1 aliphatic rings. The molecule has 0 fully saturated rings. The summed E-state index contributed by atoms with van der Waals surface area (Å²) < 4.78 is 27.4. The van der Waals surface area contributed by atoms with Gasteiger partial charge in [0, 0.05) is 15.4 Å². The second-order valence-electron chi connectivity index (χ2n) is 5.97. The number of methoxy groups -OCH3 is 1. The molecule has 0 bridgehead atoms. The van der Waals surface area contributed by atoms with Crippen LogP contribution < -0.4 is 19.8 Å². The summed E-state index contributed by atoms with van der Waals surface area (Å²) in [5.74, 6) is 2.08. The van der Waals surface area contributed by atoms with E-state index in [0.717, 1.165) is 4.47 Å². The monoisotopic (exact) mass is 442 g/mol. The maximum Gasteiger partial charge on any atom is 0.349 e. The van der Waals surface area contributed by atoms with Crippen molar-refractivity contribution in [2.24, 2.45) is 0 Å². The van der Waals surface area contributed by atoms with Crippen molar-refractivity contribution in [2.75, 3.05) is 13.9 Å². The van der Waals surface area contributed by atoms with E-state index in [2.05, 4.69) is 26.1 Å². The van der Waals surface area contributed by atoms with Gasteiger partial charge in [0.2, 0.25) is 12.6 Å². The number of ether oxygens (including phenoxy) is 3. The van der Waals surface area contributed by atoms with Crippen LogP contribution in [0.5, 0.6) is 17.2 Å². The van der Waals surface area contributed by atoms with Gasteiger partial charge in [-0.3, -0.25) is 0 Å². The Morgan fingerprint density at radius 1 is 1.11 bits per heavy atom. The molecule has 0 N–H and O–H groups in total. The summed E-state index contributed by atoms with van der Waals surface area (Å²) in [6.07, 6.45) is 0. The summed E-state index contributed by atoms with van der Waals surface area (Å²) in [5, 5.41) is 4.62. The molecule has 9 heteroatoms. The van der Waals surface area contributed by atoms with Gasteiger partial charge in [-0.25, -0.2) is 4.79 Å². The highest BCUT2D eigenvalue weighted by atomic mass is 79.9. The highest BCUT2D eigenvalue weighted by Crippen LogP contribution is 2.36. The van der Waals surface area contributed by atoms with Gasteiger partial charge in [0.1, 0.15) is 5.56 Å². The van der Waals surface area contributed by atoms with E-state index in [0.29, 0.717) is 39.6 Å². The smallest absolute Gasteiger partial charge is 0.349 e. The third-order valence-electron chi connectivity index (χ3n) is 4.27. The van der Waals surface area contributed by atoms with Crippen molar-refractivity contribution in [2.45, 2.75) is 0 Å². The molecule has 1 aliphatic heterocycles. The fourth-order valence-electron chi connectivity index (χ4n) is 2.95. The Balaban J connectivity index is 1.59. The van der Waals surface area contributed by atoms with Crippen LogP contribution in [0.15, 0.2) is 54.6 Å². The fourth-order valence-corrected chi connectivity index (χ4v) is 3.41. The lowest BCUT2D eigenvalue weighted by Crippen LogP contribution is -2.03. The van der Waals surface area contributed by atoms with Gasteiger partial charge in [-0.2, -0.15) is 4.98 Å². The Kier molecular flexibility index (Phi) is 3.83. The lowest BCUT2D eigenvalue weighted by atomic mass is 10.1. The molecule has 8 nitrogen and oxygen atoms in total. The van der Waals surface area contributed by atoms with E-state index >= 15 is 0 Å². The Morgan fingerprint density at radius 2 is 1.96 bits per heavy atom. The van der Waals surface area contributed by atoms with Gasteiger partial charge >= 0.3 is 5.63 Å². The van der Waals surface area contributed by atoms with E-state index in [1.165, 1.54) is 7.11 Å². The van der Waals surface area contributed by atoms with Crippen LogP contribution in [-0.4, -0.2) is 24.0 Å². The number of hydrogen-bond donors (Lipinski definition) is 0. The van der Waals surface area contributed by atoms with E-state index in [1.807, 2.05) is 0 Å². The molecule has 28 heavy (non-hydrogen) atoms. The molecule has 2 aromatic heterocycles. The van der Waals surface area contributed by atoms with Crippen molar-refractivity contribution in [1.82, 2.24) is 10.1 Å². The molecule has 4 aromatic rings. The summed E-state index contributed by atoms with van der Waals surface area (Å²) in [5.41, 5.74) is 0.574. The number of rotatable bonds is 3. The van der Waals surface area contributed by atoms with Crippen LogP contribution in [0.2, 0.25) is 0 Å². The zero-order valence-electron chi connectivity index (χ0n) is 14.4. The Bertz CT molecular complexity index is 1280. The molecule has 0 saturated heterocycles. The minimum atomic E-state index is -0.603. The van der Waals surface area contributed by atoms with Gasteiger partial charge in [0.25, 0.3) is 5.89 Å². The van der Waals surface area contributed by atoms with E-state index in [1.54, 1.807) is 36.4 Å². The molecule has 0 amide bonds. The SMILES string of the molecule is COc1cc(Br)cc2cc(-c3nc(-c4ccc5c(c4)OCO5)no3)c(=O)oc12. The van der Waals surface area contributed by atoms with E-state index < -0.39 is 5.63 Å². The minimum Gasteiger partial charge on any atom is -0.493 e. The topological polar surface area (TPSA) is 96.8 Å². The molecule has 0 spiro atoms. The van der Waals surface area contributed by atoms with Crippen molar-refractivity contribution >= 4 is 26.9 Å². The predicted octanol–water partition coefficient (Wildman–Crippen LogP) is 4.01.